The zero-order valence-corrected chi connectivity index (χ0v) is 12.2. The van der Waals surface area contributed by atoms with Crippen LogP contribution in [0.4, 0.5) is 0 Å². The largest absolute Gasteiger partial charge is 0.437 e. The number of halogens is 1. The Balaban J connectivity index is 2.01. The van der Waals surface area contributed by atoms with Gasteiger partial charge in [-0.1, -0.05) is 48.5 Å². The first-order valence-electron chi connectivity index (χ1n) is 6.27. The van der Waals surface area contributed by atoms with Crippen molar-refractivity contribution in [2.45, 2.75) is 0 Å². The number of hydrogen-bond donors (Lipinski definition) is 0. The average Bonchev–Trinajstić information content (AvgIpc) is 2.51. The minimum absolute atomic E-state index is 0.566. The van der Waals surface area contributed by atoms with Gasteiger partial charge in [-0.05, 0) is 39.7 Å². The van der Waals surface area contributed by atoms with Gasteiger partial charge in [0, 0.05) is 11.8 Å². The van der Waals surface area contributed by atoms with Gasteiger partial charge in [-0.3, -0.25) is 0 Å². The molecule has 1 heterocycles. The summed E-state index contributed by atoms with van der Waals surface area (Å²) in [5.41, 5.74) is 2.17. The number of ether oxygens (including phenoxy) is 1. The molecule has 98 valence electrons. The number of rotatable bonds is 3. The van der Waals surface area contributed by atoms with Crippen molar-refractivity contribution < 1.29 is 4.74 Å². The highest BCUT2D eigenvalue weighted by Gasteiger charge is 2.08. The SMILES string of the molecule is Brc1cccnc1Oc1ccccc1-c1ccccc1. The molecule has 0 amide bonds. The Morgan fingerprint density at radius 2 is 1.55 bits per heavy atom. The quantitative estimate of drug-likeness (QED) is 0.651. The fourth-order valence-corrected chi connectivity index (χ4v) is 2.30. The Bertz CT molecular complexity index is 713. The molecule has 20 heavy (non-hydrogen) atoms. The summed E-state index contributed by atoms with van der Waals surface area (Å²) in [7, 11) is 0. The molecule has 3 rings (SSSR count). The molecule has 2 aromatic carbocycles. The summed E-state index contributed by atoms with van der Waals surface area (Å²) in [5, 5.41) is 0. The summed E-state index contributed by atoms with van der Waals surface area (Å²) in [5.74, 6) is 1.36. The molecule has 0 spiro atoms. The third-order valence-corrected chi connectivity index (χ3v) is 3.51. The van der Waals surface area contributed by atoms with Gasteiger partial charge >= 0.3 is 0 Å². The Morgan fingerprint density at radius 1 is 0.800 bits per heavy atom. The van der Waals surface area contributed by atoms with Gasteiger partial charge in [-0.2, -0.15) is 0 Å². The summed E-state index contributed by atoms with van der Waals surface area (Å²) < 4.78 is 6.77. The zero-order chi connectivity index (χ0) is 13.8. The maximum absolute atomic E-state index is 5.94. The highest BCUT2D eigenvalue weighted by atomic mass is 79.9. The van der Waals surface area contributed by atoms with Gasteiger partial charge in [-0.15, -0.1) is 0 Å². The molecule has 0 bridgehead atoms. The van der Waals surface area contributed by atoms with Crippen molar-refractivity contribution in [2.24, 2.45) is 0 Å². The molecule has 0 N–H and O–H groups in total. The van der Waals surface area contributed by atoms with Gasteiger partial charge in [0.05, 0.1) is 4.47 Å². The fourth-order valence-electron chi connectivity index (χ4n) is 1.96. The number of benzene rings is 2. The molecule has 3 heteroatoms. The van der Waals surface area contributed by atoms with E-state index in [0.29, 0.717) is 5.88 Å². The summed E-state index contributed by atoms with van der Waals surface area (Å²) in [6.07, 6.45) is 1.71. The Kier molecular flexibility index (Phi) is 3.79. The molecule has 0 radical (unpaired) electrons. The second-order valence-electron chi connectivity index (χ2n) is 4.25. The molecule has 0 saturated heterocycles. The van der Waals surface area contributed by atoms with Gasteiger partial charge < -0.3 is 4.74 Å². The van der Waals surface area contributed by atoms with Gasteiger partial charge in [-0.25, -0.2) is 4.98 Å². The summed E-state index contributed by atoms with van der Waals surface area (Å²) in [4.78, 5) is 4.24. The Morgan fingerprint density at radius 3 is 2.35 bits per heavy atom. The molecular weight excluding hydrogens is 314 g/mol. The van der Waals surface area contributed by atoms with E-state index in [0.717, 1.165) is 21.3 Å². The topological polar surface area (TPSA) is 22.1 Å². The predicted octanol–water partition coefficient (Wildman–Crippen LogP) is 5.30. The van der Waals surface area contributed by atoms with Crippen LogP contribution in [-0.4, -0.2) is 4.98 Å². The van der Waals surface area contributed by atoms with Crippen molar-refractivity contribution >= 4 is 15.9 Å². The van der Waals surface area contributed by atoms with Crippen LogP contribution in [0.3, 0.4) is 0 Å². The highest BCUT2D eigenvalue weighted by molar-refractivity contribution is 9.10. The van der Waals surface area contributed by atoms with E-state index in [1.54, 1.807) is 6.20 Å². The van der Waals surface area contributed by atoms with Crippen LogP contribution in [0.15, 0.2) is 77.4 Å². The molecule has 0 aliphatic carbocycles. The van der Waals surface area contributed by atoms with E-state index in [4.69, 9.17) is 4.74 Å². The van der Waals surface area contributed by atoms with Crippen LogP contribution in [0.1, 0.15) is 0 Å². The summed E-state index contributed by atoms with van der Waals surface area (Å²) in [6, 6.07) is 21.9. The molecule has 2 nitrogen and oxygen atoms in total. The molecule has 0 saturated carbocycles. The van der Waals surface area contributed by atoms with Crippen LogP contribution in [-0.2, 0) is 0 Å². The maximum Gasteiger partial charge on any atom is 0.233 e. The van der Waals surface area contributed by atoms with E-state index < -0.39 is 0 Å². The van der Waals surface area contributed by atoms with Crippen LogP contribution in [0.5, 0.6) is 11.6 Å². The van der Waals surface area contributed by atoms with Crippen LogP contribution in [0, 0.1) is 0 Å². The minimum Gasteiger partial charge on any atom is -0.437 e. The third-order valence-electron chi connectivity index (χ3n) is 2.90. The lowest BCUT2D eigenvalue weighted by Gasteiger charge is -2.11. The van der Waals surface area contributed by atoms with Crippen molar-refractivity contribution in [3.63, 3.8) is 0 Å². The van der Waals surface area contributed by atoms with Crippen molar-refractivity contribution in [3.8, 4) is 22.8 Å². The van der Waals surface area contributed by atoms with Crippen LogP contribution in [0.25, 0.3) is 11.1 Å². The number of nitrogens with zero attached hydrogens (tertiary/aromatic N) is 1. The van der Waals surface area contributed by atoms with E-state index in [2.05, 4.69) is 33.0 Å². The van der Waals surface area contributed by atoms with Crippen molar-refractivity contribution in [3.05, 3.63) is 77.4 Å². The molecule has 0 fully saturated rings. The molecule has 0 unspecified atom stereocenters. The van der Waals surface area contributed by atoms with Crippen LogP contribution in [0.2, 0.25) is 0 Å². The molecule has 0 aliphatic heterocycles. The smallest absolute Gasteiger partial charge is 0.233 e. The van der Waals surface area contributed by atoms with E-state index in [-0.39, 0.29) is 0 Å². The van der Waals surface area contributed by atoms with Gasteiger partial charge in [0.15, 0.2) is 0 Å². The fraction of sp³-hybridized carbons (Fsp3) is 0. The Labute approximate surface area is 126 Å². The lowest BCUT2D eigenvalue weighted by molar-refractivity contribution is 0.461. The summed E-state index contributed by atoms with van der Waals surface area (Å²) >= 11 is 3.45. The molecular formula is C17H12BrNO. The number of pyridine rings is 1. The third kappa shape index (κ3) is 2.73. The van der Waals surface area contributed by atoms with E-state index in [9.17, 15) is 0 Å². The highest BCUT2D eigenvalue weighted by Crippen LogP contribution is 2.34. The van der Waals surface area contributed by atoms with Crippen LogP contribution >= 0.6 is 15.9 Å². The van der Waals surface area contributed by atoms with Crippen molar-refractivity contribution in [2.75, 3.05) is 0 Å². The molecule has 0 aliphatic rings. The maximum atomic E-state index is 5.94. The second-order valence-corrected chi connectivity index (χ2v) is 5.11. The van der Waals surface area contributed by atoms with E-state index >= 15 is 0 Å². The number of hydrogen-bond acceptors (Lipinski definition) is 2. The van der Waals surface area contributed by atoms with Gasteiger partial charge in [0.1, 0.15) is 5.75 Å². The first-order valence-corrected chi connectivity index (χ1v) is 7.07. The first kappa shape index (κ1) is 12.9. The molecule has 1 aromatic heterocycles. The first-order chi connectivity index (χ1) is 9.84. The van der Waals surface area contributed by atoms with Crippen molar-refractivity contribution in [1.29, 1.82) is 0 Å². The second kappa shape index (κ2) is 5.88. The predicted molar refractivity (Wildman–Crippen MR) is 83.9 cm³/mol. The lowest BCUT2D eigenvalue weighted by Crippen LogP contribution is -1.91. The number of aromatic nitrogens is 1. The van der Waals surface area contributed by atoms with E-state index in [1.165, 1.54) is 0 Å². The lowest BCUT2D eigenvalue weighted by atomic mass is 10.1. The minimum atomic E-state index is 0.566. The normalized spacial score (nSPS) is 10.2. The summed E-state index contributed by atoms with van der Waals surface area (Å²) in [6.45, 7) is 0. The molecule has 0 atom stereocenters. The Hall–Kier alpha value is -2.13. The zero-order valence-electron chi connectivity index (χ0n) is 10.7. The van der Waals surface area contributed by atoms with E-state index in [1.807, 2.05) is 54.6 Å². The average molecular weight is 326 g/mol. The van der Waals surface area contributed by atoms with Crippen LogP contribution < -0.4 is 4.74 Å². The van der Waals surface area contributed by atoms with Gasteiger partial charge in [0.25, 0.3) is 0 Å². The monoisotopic (exact) mass is 325 g/mol. The van der Waals surface area contributed by atoms with Crippen molar-refractivity contribution in [1.82, 2.24) is 4.98 Å². The number of para-hydroxylation sites is 1. The molecule has 3 aromatic rings. The van der Waals surface area contributed by atoms with Gasteiger partial charge in [0.2, 0.25) is 5.88 Å². The standard InChI is InChI=1S/C17H12BrNO/c18-15-10-6-12-19-17(15)20-16-11-5-4-9-14(16)13-7-2-1-3-8-13/h1-12H.